The Morgan fingerprint density at radius 1 is 1.18 bits per heavy atom. The number of aryl methyl sites for hydroxylation is 1. The number of halogens is 1. The van der Waals surface area contributed by atoms with Crippen molar-refractivity contribution in [3.05, 3.63) is 58.4 Å². The Bertz CT molecular complexity index is 976. The van der Waals surface area contributed by atoms with Crippen LogP contribution in [-0.2, 0) is 6.42 Å². The van der Waals surface area contributed by atoms with Crippen LogP contribution in [0.15, 0.2) is 36.7 Å². The Hall–Kier alpha value is -3.13. The summed E-state index contributed by atoms with van der Waals surface area (Å²) >= 11 is 6.31. The second-order valence-corrected chi connectivity index (χ2v) is 6.49. The Morgan fingerprint density at radius 2 is 1.96 bits per heavy atom. The van der Waals surface area contributed by atoms with Crippen molar-refractivity contribution >= 4 is 17.5 Å². The lowest BCUT2D eigenvalue weighted by Gasteiger charge is -2.13. The van der Waals surface area contributed by atoms with Crippen molar-refractivity contribution in [1.29, 1.82) is 0 Å². The fourth-order valence-electron chi connectivity index (χ4n) is 2.84. The molecule has 0 fully saturated rings. The van der Waals surface area contributed by atoms with Crippen LogP contribution in [0.2, 0.25) is 5.02 Å². The minimum Gasteiger partial charge on any atom is -0.496 e. The Morgan fingerprint density at radius 3 is 2.64 bits per heavy atom. The topological polar surface area (TPSA) is 91.2 Å². The third-order valence-corrected chi connectivity index (χ3v) is 4.53. The van der Waals surface area contributed by atoms with Crippen LogP contribution in [0.3, 0.4) is 0 Å². The van der Waals surface area contributed by atoms with E-state index in [-0.39, 0.29) is 5.91 Å². The van der Waals surface area contributed by atoms with Gasteiger partial charge in [0.15, 0.2) is 0 Å². The molecule has 0 aliphatic heterocycles. The zero-order valence-electron chi connectivity index (χ0n) is 15.8. The summed E-state index contributed by atoms with van der Waals surface area (Å²) in [6, 6.07) is 9.12. The van der Waals surface area contributed by atoms with Gasteiger partial charge in [-0.2, -0.15) is 4.68 Å². The van der Waals surface area contributed by atoms with Gasteiger partial charge in [0, 0.05) is 12.6 Å². The number of nitrogens with zero attached hydrogens (tertiary/aromatic N) is 4. The van der Waals surface area contributed by atoms with Gasteiger partial charge in [-0.1, -0.05) is 29.3 Å². The van der Waals surface area contributed by atoms with Crippen LogP contribution in [0.25, 0.3) is 5.69 Å². The fourth-order valence-corrected chi connectivity index (χ4v) is 3.10. The van der Waals surface area contributed by atoms with Crippen molar-refractivity contribution in [2.45, 2.75) is 13.3 Å². The monoisotopic (exact) mass is 401 g/mol. The Labute approximate surface area is 167 Å². The average molecular weight is 402 g/mol. The van der Waals surface area contributed by atoms with Gasteiger partial charge in [-0.05, 0) is 41.5 Å². The predicted molar refractivity (Wildman–Crippen MR) is 104 cm³/mol. The maximum atomic E-state index is 12.7. The number of tetrazole rings is 1. The molecule has 9 heteroatoms. The maximum absolute atomic E-state index is 12.7. The molecule has 1 heterocycles. The van der Waals surface area contributed by atoms with E-state index >= 15 is 0 Å². The number of carbonyl (C=O) groups is 1. The number of amides is 1. The van der Waals surface area contributed by atoms with Crippen molar-refractivity contribution in [1.82, 2.24) is 25.5 Å². The van der Waals surface area contributed by atoms with Gasteiger partial charge in [-0.25, -0.2) is 0 Å². The molecule has 0 aliphatic carbocycles. The molecule has 0 spiro atoms. The summed E-state index contributed by atoms with van der Waals surface area (Å²) in [5, 5.41) is 14.2. The number of aromatic nitrogens is 4. The number of hydrogen-bond donors (Lipinski definition) is 1. The van der Waals surface area contributed by atoms with E-state index in [1.165, 1.54) is 18.1 Å². The molecule has 0 unspecified atom stereocenters. The molecule has 1 amide bonds. The van der Waals surface area contributed by atoms with Crippen molar-refractivity contribution in [3.8, 4) is 17.2 Å². The first-order valence-electron chi connectivity index (χ1n) is 8.56. The number of methoxy groups -OCH3 is 2. The lowest BCUT2D eigenvalue weighted by Crippen LogP contribution is -2.26. The van der Waals surface area contributed by atoms with E-state index in [0.29, 0.717) is 35.0 Å². The predicted octanol–water partition coefficient (Wildman–Crippen LogP) is 2.61. The second kappa shape index (κ2) is 8.71. The third kappa shape index (κ3) is 4.23. The second-order valence-electron chi connectivity index (χ2n) is 6.08. The number of hydrogen-bond acceptors (Lipinski definition) is 6. The molecule has 8 nitrogen and oxygen atoms in total. The van der Waals surface area contributed by atoms with Gasteiger partial charge in [0.25, 0.3) is 5.91 Å². The van der Waals surface area contributed by atoms with Crippen LogP contribution in [0.4, 0.5) is 0 Å². The standard InChI is InChI=1S/C19H20ClN5O3/c1-12-4-5-17(27-2)13(8-12)6-7-21-19(26)14-9-15(20)16(10-18(14)28-3)25-11-22-23-24-25/h4-5,8-11H,6-7H2,1-3H3,(H,21,26). The SMILES string of the molecule is COc1ccc(C)cc1CCNC(=O)c1cc(Cl)c(-n2cnnn2)cc1OC. The molecule has 2 aromatic carbocycles. The minimum atomic E-state index is -0.284. The molecule has 3 aromatic rings. The first kappa shape index (κ1) is 19.6. The number of nitrogens with one attached hydrogen (secondary N) is 1. The number of rotatable bonds is 7. The highest BCUT2D eigenvalue weighted by Gasteiger charge is 2.17. The van der Waals surface area contributed by atoms with E-state index < -0.39 is 0 Å². The molecule has 0 bridgehead atoms. The highest BCUT2D eigenvalue weighted by atomic mass is 35.5. The molecular formula is C19H20ClN5O3. The highest BCUT2D eigenvalue weighted by Crippen LogP contribution is 2.29. The molecule has 0 radical (unpaired) electrons. The molecule has 1 N–H and O–H groups in total. The minimum absolute atomic E-state index is 0.284. The molecule has 0 atom stereocenters. The first-order valence-corrected chi connectivity index (χ1v) is 8.94. The molecule has 0 saturated heterocycles. The summed E-state index contributed by atoms with van der Waals surface area (Å²) in [5.74, 6) is 0.889. The fraction of sp³-hybridized carbons (Fsp3) is 0.263. The van der Waals surface area contributed by atoms with Gasteiger partial charge in [0.1, 0.15) is 17.8 Å². The van der Waals surface area contributed by atoms with Gasteiger partial charge in [0.05, 0.1) is 30.5 Å². The lowest BCUT2D eigenvalue weighted by atomic mass is 10.1. The molecule has 146 valence electrons. The molecule has 0 saturated carbocycles. The largest absolute Gasteiger partial charge is 0.496 e. The van der Waals surface area contributed by atoms with E-state index in [2.05, 4.69) is 20.8 Å². The van der Waals surface area contributed by atoms with Crippen LogP contribution in [0, 0.1) is 6.92 Å². The van der Waals surface area contributed by atoms with Crippen LogP contribution < -0.4 is 14.8 Å². The summed E-state index contributed by atoms with van der Waals surface area (Å²) in [6.07, 6.45) is 2.05. The zero-order chi connectivity index (χ0) is 20.1. The normalized spacial score (nSPS) is 10.6. The van der Waals surface area contributed by atoms with E-state index in [1.807, 2.05) is 25.1 Å². The Balaban J connectivity index is 1.74. The molecule has 28 heavy (non-hydrogen) atoms. The van der Waals surface area contributed by atoms with Crippen LogP contribution in [-0.4, -0.2) is 46.9 Å². The highest BCUT2D eigenvalue weighted by molar-refractivity contribution is 6.33. The van der Waals surface area contributed by atoms with Crippen LogP contribution in [0.5, 0.6) is 11.5 Å². The summed E-state index contributed by atoms with van der Waals surface area (Å²) in [7, 11) is 3.12. The summed E-state index contributed by atoms with van der Waals surface area (Å²) in [6.45, 7) is 2.45. The zero-order valence-corrected chi connectivity index (χ0v) is 16.5. The van der Waals surface area contributed by atoms with E-state index in [0.717, 1.165) is 16.9 Å². The van der Waals surface area contributed by atoms with E-state index in [9.17, 15) is 4.79 Å². The number of ether oxygens (including phenoxy) is 2. The van der Waals surface area contributed by atoms with E-state index in [1.54, 1.807) is 19.2 Å². The summed E-state index contributed by atoms with van der Waals surface area (Å²) < 4.78 is 12.1. The number of benzene rings is 2. The van der Waals surface area contributed by atoms with Crippen molar-refractivity contribution in [3.63, 3.8) is 0 Å². The van der Waals surface area contributed by atoms with Crippen molar-refractivity contribution < 1.29 is 14.3 Å². The molecule has 3 rings (SSSR count). The molecule has 1 aromatic heterocycles. The van der Waals surface area contributed by atoms with Gasteiger partial charge in [0.2, 0.25) is 0 Å². The third-order valence-electron chi connectivity index (χ3n) is 4.23. The van der Waals surface area contributed by atoms with Gasteiger partial charge < -0.3 is 14.8 Å². The van der Waals surface area contributed by atoms with Gasteiger partial charge >= 0.3 is 0 Å². The molecular weight excluding hydrogens is 382 g/mol. The van der Waals surface area contributed by atoms with Crippen molar-refractivity contribution in [2.24, 2.45) is 0 Å². The van der Waals surface area contributed by atoms with Crippen molar-refractivity contribution in [2.75, 3.05) is 20.8 Å². The quantitative estimate of drug-likeness (QED) is 0.654. The Kier molecular flexibility index (Phi) is 6.10. The lowest BCUT2D eigenvalue weighted by molar-refractivity contribution is 0.0951. The number of carbonyl (C=O) groups excluding carboxylic acids is 1. The smallest absolute Gasteiger partial charge is 0.255 e. The first-order chi connectivity index (χ1) is 13.5. The summed E-state index contributed by atoms with van der Waals surface area (Å²) in [4.78, 5) is 12.7. The summed E-state index contributed by atoms with van der Waals surface area (Å²) in [5.41, 5.74) is 3.01. The van der Waals surface area contributed by atoms with Gasteiger partial charge in [-0.3, -0.25) is 4.79 Å². The van der Waals surface area contributed by atoms with Crippen LogP contribution >= 0.6 is 11.6 Å². The van der Waals surface area contributed by atoms with E-state index in [4.69, 9.17) is 21.1 Å². The maximum Gasteiger partial charge on any atom is 0.255 e. The average Bonchev–Trinajstić information content (AvgIpc) is 3.22. The molecule has 0 aliphatic rings. The van der Waals surface area contributed by atoms with Crippen LogP contribution in [0.1, 0.15) is 21.5 Å². The van der Waals surface area contributed by atoms with Gasteiger partial charge in [-0.15, -0.1) is 5.10 Å².